The van der Waals surface area contributed by atoms with Gasteiger partial charge < -0.3 is 25.3 Å². The van der Waals surface area contributed by atoms with Gasteiger partial charge in [-0.25, -0.2) is 0 Å². The molecule has 0 aliphatic carbocycles. The first-order chi connectivity index (χ1) is 14.8. The number of amides is 1. The first kappa shape index (κ1) is 19.8. The first-order valence-electron chi connectivity index (χ1n) is 10.3. The number of aromatic nitrogens is 1. The van der Waals surface area contributed by atoms with E-state index in [0.717, 1.165) is 48.8 Å². The average molecular weight is 406 g/mol. The van der Waals surface area contributed by atoms with Crippen LogP contribution in [0.1, 0.15) is 12.0 Å². The van der Waals surface area contributed by atoms with E-state index in [1.54, 1.807) is 11.9 Å². The van der Waals surface area contributed by atoms with Gasteiger partial charge in [-0.2, -0.15) is 0 Å². The molecule has 0 bridgehead atoms. The van der Waals surface area contributed by atoms with E-state index in [-0.39, 0.29) is 12.5 Å². The standard InChI is InChI=1S/C23H27N5O2/c1-24-23(26-13-11-17-15-27-19-8-3-2-7-18(17)19)25-12-6-14-28-20-9-4-5-10-21(20)30-16-22(28)29/h2-5,7-10,15,27H,6,11-14,16H2,1H3,(H2,24,25,26). The molecule has 156 valence electrons. The summed E-state index contributed by atoms with van der Waals surface area (Å²) in [5.41, 5.74) is 3.29. The Morgan fingerprint density at radius 3 is 2.83 bits per heavy atom. The number of aliphatic imine (C=N–C) groups is 1. The lowest BCUT2D eigenvalue weighted by molar-refractivity contribution is -0.121. The molecule has 0 unspecified atom stereocenters. The van der Waals surface area contributed by atoms with Crippen LogP contribution in [0.3, 0.4) is 0 Å². The lowest BCUT2D eigenvalue weighted by Crippen LogP contribution is -2.42. The van der Waals surface area contributed by atoms with Crippen LogP contribution in [0.15, 0.2) is 59.7 Å². The number of nitrogens with zero attached hydrogens (tertiary/aromatic N) is 2. The minimum absolute atomic E-state index is 0.00469. The third-order valence-electron chi connectivity index (χ3n) is 5.24. The van der Waals surface area contributed by atoms with Crippen LogP contribution in [0.4, 0.5) is 5.69 Å². The van der Waals surface area contributed by atoms with Crippen LogP contribution in [0.2, 0.25) is 0 Å². The number of carbonyl (C=O) groups excluding carboxylic acids is 1. The molecule has 2 aromatic carbocycles. The zero-order valence-electron chi connectivity index (χ0n) is 17.1. The Labute approximate surface area is 176 Å². The van der Waals surface area contributed by atoms with Crippen LogP contribution in [-0.2, 0) is 11.2 Å². The topological polar surface area (TPSA) is 81.8 Å². The van der Waals surface area contributed by atoms with Crippen molar-refractivity contribution < 1.29 is 9.53 Å². The van der Waals surface area contributed by atoms with E-state index in [1.165, 1.54) is 10.9 Å². The van der Waals surface area contributed by atoms with Gasteiger partial charge in [0.2, 0.25) is 0 Å². The minimum Gasteiger partial charge on any atom is -0.482 e. The van der Waals surface area contributed by atoms with Gasteiger partial charge in [-0.1, -0.05) is 30.3 Å². The van der Waals surface area contributed by atoms with Gasteiger partial charge in [0.25, 0.3) is 5.91 Å². The Morgan fingerprint density at radius 1 is 1.13 bits per heavy atom. The summed E-state index contributed by atoms with van der Waals surface area (Å²) in [7, 11) is 1.77. The van der Waals surface area contributed by atoms with Crippen molar-refractivity contribution in [1.82, 2.24) is 15.6 Å². The Morgan fingerprint density at radius 2 is 1.93 bits per heavy atom. The molecule has 0 spiro atoms. The molecule has 7 heteroatoms. The second kappa shape index (κ2) is 9.35. The molecular weight excluding hydrogens is 378 g/mol. The molecule has 0 saturated heterocycles. The van der Waals surface area contributed by atoms with Crippen molar-refractivity contribution in [3.63, 3.8) is 0 Å². The second-order valence-electron chi connectivity index (χ2n) is 7.19. The number of para-hydroxylation sites is 3. The van der Waals surface area contributed by atoms with E-state index in [0.29, 0.717) is 6.54 Å². The smallest absolute Gasteiger partial charge is 0.265 e. The van der Waals surface area contributed by atoms with E-state index in [4.69, 9.17) is 4.74 Å². The molecule has 1 aliphatic heterocycles. The molecule has 0 radical (unpaired) electrons. The van der Waals surface area contributed by atoms with Crippen molar-refractivity contribution in [2.24, 2.45) is 4.99 Å². The number of carbonyl (C=O) groups is 1. The number of nitrogens with one attached hydrogen (secondary N) is 3. The quantitative estimate of drug-likeness (QED) is 0.321. The SMILES string of the molecule is CN=C(NCCCN1C(=O)COc2ccccc21)NCCc1c[nH]c2ccccc12. The lowest BCUT2D eigenvalue weighted by atomic mass is 10.1. The number of fused-ring (bicyclic) bond motifs is 2. The van der Waals surface area contributed by atoms with Crippen molar-refractivity contribution in [2.75, 3.05) is 38.2 Å². The number of aromatic amines is 1. The van der Waals surface area contributed by atoms with E-state index < -0.39 is 0 Å². The van der Waals surface area contributed by atoms with Crippen molar-refractivity contribution >= 4 is 28.5 Å². The fraction of sp³-hybridized carbons (Fsp3) is 0.304. The molecule has 0 fully saturated rings. The summed E-state index contributed by atoms with van der Waals surface area (Å²) in [6, 6.07) is 16.0. The molecule has 2 heterocycles. The van der Waals surface area contributed by atoms with Crippen LogP contribution in [0.25, 0.3) is 10.9 Å². The Bertz CT molecular complexity index is 1040. The van der Waals surface area contributed by atoms with Crippen LogP contribution >= 0.6 is 0 Å². The highest BCUT2D eigenvalue weighted by atomic mass is 16.5. The first-order valence-corrected chi connectivity index (χ1v) is 10.3. The molecule has 0 atom stereocenters. The minimum atomic E-state index is -0.00469. The fourth-order valence-corrected chi connectivity index (χ4v) is 3.72. The predicted octanol–water partition coefficient (Wildman–Crippen LogP) is 2.69. The molecular formula is C23H27N5O2. The van der Waals surface area contributed by atoms with E-state index in [1.807, 2.05) is 30.3 Å². The van der Waals surface area contributed by atoms with Crippen LogP contribution < -0.4 is 20.3 Å². The normalized spacial score (nSPS) is 13.8. The highest BCUT2D eigenvalue weighted by molar-refractivity contribution is 5.97. The van der Waals surface area contributed by atoms with E-state index in [9.17, 15) is 4.79 Å². The summed E-state index contributed by atoms with van der Waals surface area (Å²) >= 11 is 0. The van der Waals surface area contributed by atoms with Crippen LogP contribution in [0, 0.1) is 0 Å². The summed E-state index contributed by atoms with van der Waals surface area (Å²) < 4.78 is 5.49. The van der Waals surface area contributed by atoms with Gasteiger partial charge >= 0.3 is 0 Å². The second-order valence-corrected chi connectivity index (χ2v) is 7.19. The van der Waals surface area contributed by atoms with Gasteiger partial charge in [0.15, 0.2) is 12.6 Å². The Kier molecular flexibility index (Phi) is 6.17. The number of hydrogen-bond donors (Lipinski definition) is 3. The van der Waals surface area contributed by atoms with Crippen molar-refractivity contribution in [3.05, 3.63) is 60.3 Å². The molecule has 7 nitrogen and oxygen atoms in total. The Hall–Kier alpha value is -3.48. The van der Waals surface area contributed by atoms with Gasteiger partial charge in [-0.15, -0.1) is 0 Å². The summed E-state index contributed by atoms with van der Waals surface area (Å²) in [6.07, 6.45) is 3.78. The zero-order chi connectivity index (χ0) is 20.8. The maximum atomic E-state index is 12.2. The van der Waals surface area contributed by atoms with Crippen LogP contribution in [0.5, 0.6) is 5.75 Å². The maximum Gasteiger partial charge on any atom is 0.265 e. The monoisotopic (exact) mass is 405 g/mol. The number of rotatable bonds is 7. The fourth-order valence-electron chi connectivity index (χ4n) is 3.72. The third-order valence-corrected chi connectivity index (χ3v) is 5.24. The molecule has 0 saturated carbocycles. The number of benzene rings is 2. The van der Waals surface area contributed by atoms with Crippen molar-refractivity contribution in [1.29, 1.82) is 0 Å². The van der Waals surface area contributed by atoms with Gasteiger partial charge in [0.05, 0.1) is 5.69 Å². The van der Waals surface area contributed by atoms with Gasteiger partial charge in [0, 0.05) is 43.8 Å². The molecule has 3 aromatic rings. The van der Waals surface area contributed by atoms with Crippen molar-refractivity contribution in [3.8, 4) is 5.75 Å². The van der Waals surface area contributed by atoms with Gasteiger partial charge in [-0.05, 0) is 36.6 Å². The predicted molar refractivity (Wildman–Crippen MR) is 120 cm³/mol. The van der Waals surface area contributed by atoms with Gasteiger partial charge in [-0.3, -0.25) is 9.79 Å². The zero-order valence-corrected chi connectivity index (χ0v) is 17.1. The molecule has 1 aliphatic rings. The lowest BCUT2D eigenvalue weighted by Gasteiger charge is -2.29. The number of ether oxygens (including phenoxy) is 1. The largest absolute Gasteiger partial charge is 0.482 e. The van der Waals surface area contributed by atoms with Gasteiger partial charge in [0.1, 0.15) is 5.75 Å². The number of guanidine groups is 1. The molecule has 1 aromatic heterocycles. The summed E-state index contributed by atoms with van der Waals surface area (Å²) in [5, 5.41) is 7.95. The van der Waals surface area contributed by atoms with E-state index >= 15 is 0 Å². The van der Waals surface area contributed by atoms with Crippen LogP contribution in [-0.4, -0.2) is 50.1 Å². The number of H-pyrrole nitrogens is 1. The summed E-state index contributed by atoms with van der Waals surface area (Å²) in [5.74, 6) is 1.53. The molecule has 30 heavy (non-hydrogen) atoms. The van der Waals surface area contributed by atoms with E-state index in [2.05, 4.69) is 45.0 Å². The molecule has 1 amide bonds. The Balaban J connectivity index is 1.22. The number of hydrogen-bond acceptors (Lipinski definition) is 3. The highest BCUT2D eigenvalue weighted by Gasteiger charge is 2.24. The number of anilines is 1. The van der Waals surface area contributed by atoms with Crippen molar-refractivity contribution in [2.45, 2.75) is 12.8 Å². The maximum absolute atomic E-state index is 12.2. The third kappa shape index (κ3) is 4.40. The molecule has 4 rings (SSSR count). The summed E-state index contributed by atoms with van der Waals surface area (Å²) in [4.78, 5) is 21.6. The highest BCUT2D eigenvalue weighted by Crippen LogP contribution is 2.31. The average Bonchev–Trinajstić information content (AvgIpc) is 3.19. The molecule has 3 N–H and O–H groups in total. The summed E-state index contributed by atoms with van der Waals surface area (Å²) in [6.45, 7) is 2.25.